The number of aliphatic hydroxyl groups is 1. The fraction of sp³-hybridized carbons (Fsp3) is 0.846. The van der Waals surface area contributed by atoms with Crippen molar-refractivity contribution in [3.05, 3.63) is 0 Å². The summed E-state index contributed by atoms with van der Waals surface area (Å²) in [5.74, 6) is -0.0298. The highest BCUT2D eigenvalue weighted by molar-refractivity contribution is 7.80. The summed E-state index contributed by atoms with van der Waals surface area (Å²) in [4.78, 5) is 14.5. The van der Waals surface area contributed by atoms with E-state index in [1.54, 1.807) is 18.9 Å². The van der Waals surface area contributed by atoms with E-state index >= 15 is 0 Å². The first-order valence-corrected chi connectivity index (χ1v) is 7.04. The van der Waals surface area contributed by atoms with Gasteiger partial charge in [-0.2, -0.15) is 0 Å². The Balaban J connectivity index is 2.89. The number of hydrogen-bond donors (Lipinski definition) is 2. The van der Waals surface area contributed by atoms with Gasteiger partial charge in [-0.05, 0) is 19.8 Å². The molecule has 0 heterocycles. The third-order valence-electron chi connectivity index (χ3n) is 3.72. The summed E-state index contributed by atoms with van der Waals surface area (Å²) in [5, 5.41) is 9.39. The van der Waals surface area contributed by atoms with E-state index in [0.717, 1.165) is 38.5 Å². The van der Waals surface area contributed by atoms with Crippen LogP contribution in [0.4, 0.5) is 0 Å². The summed E-state index contributed by atoms with van der Waals surface area (Å²) in [6.45, 7) is 1.99. The molecule has 1 fully saturated rings. The molecule has 5 heteroatoms. The first-order chi connectivity index (χ1) is 8.40. The van der Waals surface area contributed by atoms with Gasteiger partial charge in [0.1, 0.15) is 0 Å². The zero-order valence-corrected chi connectivity index (χ0v) is 12.1. The smallest absolute Gasteiger partial charge is 0.235 e. The van der Waals surface area contributed by atoms with Crippen LogP contribution in [0.25, 0.3) is 0 Å². The van der Waals surface area contributed by atoms with Gasteiger partial charge in [0.05, 0.1) is 16.5 Å². The zero-order chi connectivity index (χ0) is 13.8. The number of carbonyl (C=O) groups is 1. The predicted octanol–water partition coefficient (Wildman–Crippen LogP) is 1.45. The summed E-state index contributed by atoms with van der Waals surface area (Å²) in [6.07, 6.45) is 5.21. The van der Waals surface area contributed by atoms with E-state index in [1.165, 1.54) is 0 Å². The predicted molar refractivity (Wildman–Crippen MR) is 76.2 cm³/mol. The maximum atomic E-state index is 12.6. The van der Waals surface area contributed by atoms with Crippen LogP contribution in [0, 0.1) is 5.41 Å². The molecule has 0 aliphatic heterocycles. The molecule has 0 aromatic heterocycles. The van der Waals surface area contributed by atoms with E-state index in [9.17, 15) is 9.90 Å². The summed E-state index contributed by atoms with van der Waals surface area (Å²) in [7, 11) is 1.71. The molecule has 1 rings (SSSR count). The van der Waals surface area contributed by atoms with E-state index in [0.29, 0.717) is 11.5 Å². The van der Waals surface area contributed by atoms with E-state index in [-0.39, 0.29) is 5.91 Å². The number of amides is 1. The lowest BCUT2D eigenvalue weighted by molar-refractivity contribution is -0.138. The van der Waals surface area contributed by atoms with Gasteiger partial charge in [0.15, 0.2) is 0 Å². The molecule has 0 aromatic carbocycles. The van der Waals surface area contributed by atoms with E-state index < -0.39 is 11.5 Å². The highest BCUT2D eigenvalue weighted by Gasteiger charge is 2.43. The van der Waals surface area contributed by atoms with Gasteiger partial charge in [0.2, 0.25) is 5.91 Å². The average Bonchev–Trinajstić information content (AvgIpc) is 2.53. The number of nitrogens with zero attached hydrogens (tertiary/aromatic N) is 1. The van der Waals surface area contributed by atoms with Crippen molar-refractivity contribution in [2.45, 2.75) is 51.6 Å². The molecule has 3 N–H and O–H groups in total. The fourth-order valence-corrected chi connectivity index (χ4v) is 3.03. The number of hydrogen-bond acceptors (Lipinski definition) is 3. The summed E-state index contributed by atoms with van der Waals surface area (Å²) < 4.78 is 0. The van der Waals surface area contributed by atoms with Crippen molar-refractivity contribution in [3.8, 4) is 0 Å². The van der Waals surface area contributed by atoms with Gasteiger partial charge in [0, 0.05) is 13.6 Å². The maximum Gasteiger partial charge on any atom is 0.235 e. The standard InChI is InChI=1S/C13H24N2O2S/c1-10(16)9-15(2)12(17)13(11(14)18)7-5-3-4-6-8-13/h10,16H,3-9H2,1-2H3,(H2,14,18). The number of thiocarbonyl (C=S) groups is 1. The zero-order valence-electron chi connectivity index (χ0n) is 11.3. The third-order valence-corrected chi connectivity index (χ3v) is 4.11. The number of nitrogens with two attached hydrogens (primary N) is 1. The molecule has 0 spiro atoms. The molecule has 0 radical (unpaired) electrons. The second kappa shape index (κ2) is 6.48. The van der Waals surface area contributed by atoms with Crippen molar-refractivity contribution in [3.63, 3.8) is 0 Å². The molecule has 1 aliphatic carbocycles. The summed E-state index contributed by atoms with van der Waals surface area (Å²) in [5.41, 5.74) is 5.18. The normalized spacial score (nSPS) is 20.8. The Morgan fingerprint density at radius 3 is 2.28 bits per heavy atom. The Morgan fingerprint density at radius 1 is 1.39 bits per heavy atom. The Kier molecular flexibility index (Phi) is 5.53. The minimum absolute atomic E-state index is 0.0298. The number of aliphatic hydroxyl groups excluding tert-OH is 1. The van der Waals surface area contributed by atoms with E-state index in [4.69, 9.17) is 18.0 Å². The van der Waals surface area contributed by atoms with Crippen molar-refractivity contribution < 1.29 is 9.90 Å². The number of carbonyl (C=O) groups excluding carboxylic acids is 1. The minimum Gasteiger partial charge on any atom is -0.392 e. The van der Waals surface area contributed by atoms with Crippen LogP contribution in [0.15, 0.2) is 0 Å². The van der Waals surface area contributed by atoms with Gasteiger partial charge >= 0.3 is 0 Å². The minimum atomic E-state index is -0.685. The quantitative estimate of drug-likeness (QED) is 0.600. The van der Waals surface area contributed by atoms with Crippen LogP contribution < -0.4 is 5.73 Å². The van der Waals surface area contributed by atoms with Gasteiger partial charge in [-0.3, -0.25) is 4.79 Å². The first kappa shape index (κ1) is 15.4. The topological polar surface area (TPSA) is 66.6 Å². The van der Waals surface area contributed by atoms with E-state index in [1.807, 2.05) is 0 Å². The maximum absolute atomic E-state index is 12.6. The molecule has 1 aliphatic rings. The Bertz CT molecular complexity index is 310. The van der Waals surface area contributed by atoms with Gasteiger partial charge in [-0.25, -0.2) is 0 Å². The van der Waals surface area contributed by atoms with Crippen LogP contribution in [-0.4, -0.2) is 40.6 Å². The van der Waals surface area contributed by atoms with E-state index in [2.05, 4.69) is 0 Å². The summed E-state index contributed by atoms with van der Waals surface area (Å²) in [6, 6.07) is 0. The molecule has 0 aromatic rings. The fourth-order valence-electron chi connectivity index (χ4n) is 2.74. The molecule has 1 saturated carbocycles. The second-order valence-electron chi connectivity index (χ2n) is 5.40. The van der Waals surface area contributed by atoms with Gasteiger partial charge in [0.25, 0.3) is 0 Å². The second-order valence-corrected chi connectivity index (χ2v) is 5.84. The molecule has 18 heavy (non-hydrogen) atoms. The van der Waals surface area contributed by atoms with Crippen LogP contribution in [0.2, 0.25) is 0 Å². The summed E-state index contributed by atoms with van der Waals surface area (Å²) >= 11 is 5.16. The highest BCUT2D eigenvalue weighted by Crippen LogP contribution is 2.37. The third kappa shape index (κ3) is 3.42. The lowest BCUT2D eigenvalue weighted by atomic mass is 9.79. The van der Waals surface area contributed by atoms with Crippen molar-refractivity contribution in [2.24, 2.45) is 11.1 Å². The highest BCUT2D eigenvalue weighted by atomic mass is 32.1. The van der Waals surface area contributed by atoms with Crippen LogP contribution in [-0.2, 0) is 4.79 Å². The van der Waals surface area contributed by atoms with Crippen molar-refractivity contribution in [1.29, 1.82) is 0 Å². The molecule has 0 bridgehead atoms. The SMILES string of the molecule is CC(O)CN(C)C(=O)C1(C(N)=S)CCCCCC1. The van der Waals surface area contributed by atoms with Crippen LogP contribution in [0.3, 0.4) is 0 Å². The van der Waals surface area contributed by atoms with Crippen LogP contribution in [0.1, 0.15) is 45.4 Å². The molecular formula is C13H24N2O2S. The molecule has 4 nitrogen and oxygen atoms in total. The van der Waals surface area contributed by atoms with Crippen LogP contribution >= 0.6 is 12.2 Å². The van der Waals surface area contributed by atoms with Crippen LogP contribution in [0.5, 0.6) is 0 Å². The Labute approximate surface area is 115 Å². The average molecular weight is 272 g/mol. The largest absolute Gasteiger partial charge is 0.392 e. The van der Waals surface area contributed by atoms with Crippen molar-refractivity contribution in [2.75, 3.05) is 13.6 Å². The van der Waals surface area contributed by atoms with Gasteiger partial charge in [-0.1, -0.05) is 37.9 Å². The number of rotatable bonds is 4. The molecule has 1 amide bonds. The first-order valence-electron chi connectivity index (χ1n) is 6.63. The van der Waals surface area contributed by atoms with Gasteiger partial charge in [-0.15, -0.1) is 0 Å². The molecule has 1 unspecified atom stereocenters. The molecule has 1 atom stereocenters. The monoisotopic (exact) mass is 272 g/mol. The molecule has 0 saturated heterocycles. The lowest BCUT2D eigenvalue weighted by Crippen LogP contribution is -2.50. The molecule has 104 valence electrons. The van der Waals surface area contributed by atoms with Crippen molar-refractivity contribution >= 4 is 23.1 Å². The molecular weight excluding hydrogens is 248 g/mol. The van der Waals surface area contributed by atoms with Gasteiger partial charge < -0.3 is 15.7 Å². The lowest BCUT2D eigenvalue weighted by Gasteiger charge is -2.34. The Hall–Kier alpha value is -0.680. The van der Waals surface area contributed by atoms with Crippen molar-refractivity contribution in [1.82, 2.24) is 4.90 Å². The Morgan fingerprint density at radius 2 is 1.89 bits per heavy atom. The number of likely N-dealkylation sites (N-methyl/N-ethyl adjacent to an activating group) is 1.